The van der Waals surface area contributed by atoms with Crippen LogP contribution in [0, 0.1) is 11.8 Å². The second-order valence-electron chi connectivity index (χ2n) is 7.58. The van der Waals surface area contributed by atoms with E-state index in [4.69, 9.17) is 16.7 Å². The highest BCUT2D eigenvalue weighted by atomic mass is 35.5. The maximum absolute atomic E-state index is 10.4. The summed E-state index contributed by atoms with van der Waals surface area (Å²) in [5.74, 6) is 2.15. The Balaban J connectivity index is 0.000000314. The van der Waals surface area contributed by atoms with Crippen LogP contribution in [0.2, 0.25) is 5.02 Å². The molecule has 3 aliphatic rings. The average molecular weight is 365 g/mol. The molecule has 3 atom stereocenters. The van der Waals surface area contributed by atoms with Crippen molar-refractivity contribution in [2.75, 3.05) is 26.2 Å². The summed E-state index contributed by atoms with van der Waals surface area (Å²) in [7, 11) is 0. The van der Waals surface area contributed by atoms with Gasteiger partial charge in [-0.05, 0) is 41.9 Å². The van der Waals surface area contributed by atoms with E-state index in [0.29, 0.717) is 12.5 Å². The van der Waals surface area contributed by atoms with Gasteiger partial charge >= 0.3 is 6.09 Å². The molecule has 2 saturated carbocycles. The summed E-state index contributed by atoms with van der Waals surface area (Å²) in [4.78, 5) is 12.8. The Morgan fingerprint density at radius 3 is 2.36 bits per heavy atom. The SMILES string of the molecule is C1CCCC1.O=C(O)NCCN1CC2CC(c3ccc(Cl)cc3)C2C1. The van der Waals surface area contributed by atoms with Crippen LogP contribution in [0.3, 0.4) is 0 Å². The predicted molar refractivity (Wildman–Crippen MR) is 101 cm³/mol. The van der Waals surface area contributed by atoms with E-state index in [-0.39, 0.29) is 0 Å². The molecule has 1 heterocycles. The lowest BCUT2D eigenvalue weighted by Crippen LogP contribution is -2.33. The minimum Gasteiger partial charge on any atom is -0.465 e. The zero-order valence-corrected chi connectivity index (χ0v) is 15.5. The number of halogens is 1. The fraction of sp³-hybridized carbons (Fsp3) is 0.650. The summed E-state index contributed by atoms with van der Waals surface area (Å²) >= 11 is 5.93. The Bertz CT molecular complexity index is 552. The van der Waals surface area contributed by atoms with Crippen LogP contribution in [0.5, 0.6) is 0 Å². The van der Waals surface area contributed by atoms with E-state index in [2.05, 4.69) is 22.3 Å². The summed E-state index contributed by atoms with van der Waals surface area (Å²) in [5, 5.41) is 11.8. The first-order chi connectivity index (χ1) is 12.1. The van der Waals surface area contributed by atoms with E-state index < -0.39 is 6.09 Å². The number of nitrogens with one attached hydrogen (secondary N) is 1. The van der Waals surface area contributed by atoms with Crippen LogP contribution in [0.15, 0.2) is 24.3 Å². The molecule has 1 aliphatic heterocycles. The van der Waals surface area contributed by atoms with Crippen LogP contribution in [-0.4, -0.2) is 42.3 Å². The Morgan fingerprint density at radius 2 is 1.76 bits per heavy atom. The smallest absolute Gasteiger partial charge is 0.404 e. The van der Waals surface area contributed by atoms with Crippen LogP contribution < -0.4 is 5.32 Å². The molecule has 0 aromatic heterocycles. The Kier molecular flexibility index (Phi) is 6.60. The number of carbonyl (C=O) groups is 1. The van der Waals surface area contributed by atoms with E-state index in [1.54, 1.807) is 0 Å². The average Bonchev–Trinajstić information content (AvgIpc) is 3.23. The Labute approximate surface area is 155 Å². The zero-order chi connectivity index (χ0) is 17.6. The van der Waals surface area contributed by atoms with Crippen LogP contribution in [-0.2, 0) is 0 Å². The number of fused-ring (bicyclic) bond motifs is 1. The molecular weight excluding hydrogens is 336 g/mol. The quantitative estimate of drug-likeness (QED) is 0.821. The van der Waals surface area contributed by atoms with E-state index >= 15 is 0 Å². The molecule has 1 aromatic carbocycles. The van der Waals surface area contributed by atoms with E-state index in [0.717, 1.165) is 36.5 Å². The Morgan fingerprint density at radius 1 is 1.12 bits per heavy atom. The van der Waals surface area contributed by atoms with Crippen LogP contribution in [0.1, 0.15) is 50.0 Å². The summed E-state index contributed by atoms with van der Waals surface area (Å²) in [6, 6.07) is 8.21. The zero-order valence-electron chi connectivity index (χ0n) is 14.8. The lowest BCUT2D eigenvalue weighted by molar-refractivity contribution is 0.190. The van der Waals surface area contributed by atoms with Gasteiger partial charge in [-0.15, -0.1) is 0 Å². The number of rotatable bonds is 4. The maximum atomic E-state index is 10.4. The molecule has 0 radical (unpaired) electrons. The molecule has 1 saturated heterocycles. The monoisotopic (exact) mass is 364 g/mol. The molecule has 2 N–H and O–H groups in total. The van der Waals surface area contributed by atoms with Crippen molar-refractivity contribution in [3.05, 3.63) is 34.9 Å². The summed E-state index contributed by atoms with van der Waals surface area (Å²) < 4.78 is 0. The van der Waals surface area contributed by atoms with Crippen molar-refractivity contribution in [1.82, 2.24) is 10.2 Å². The van der Waals surface area contributed by atoms with Crippen LogP contribution in [0.25, 0.3) is 0 Å². The first-order valence-electron chi connectivity index (χ1n) is 9.58. The van der Waals surface area contributed by atoms with Gasteiger partial charge in [0.05, 0.1) is 0 Å². The molecule has 3 unspecified atom stereocenters. The third-order valence-electron chi connectivity index (χ3n) is 5.89. The first kappa shape index (κ1) is 18.5. The van der Waals surface area contributed by atoms with Crippen molar-refractivity contribution in [3.63, 3.8) is 0 Å². The molecule has 5 heteroatoms. The first-order valence-corrected chi connectivity index (χ1v) is 9.96. The highest BCUT2D eigenvalue weighted by Gasteiger charge is 2.47. The van der Waals surface area contributed by atoms with Gasteiger partial charge in [-0.1, -0.05) is 55.8 Å². The third-order valence-corrected chi connectivity index (χ3v) is 6.15. The minimum absolute atomic E-state index is 0.514. The highest BCUT2D eigenvalue weighted by Crippen LogP contribution is 2.51. The minimum atomic E-state index is -0.939. The second-order valence-corrected chi connectivity index (χ2v) is 8.01. The fourth-order valence-corrected chi connectivity index (χ4v) is 4.61. The summed E-state index contributed by atoms with van der Waals surface area (Å²) in [5.41, 5.74) is 1.39. The van der Waals surface area contributed by atoms with Gasteiger partial charge in [0, 0.05) is 31.2 Å². The molecule has 4 rings (SSSR count). The van der Waals surface area contributed by atoms with Crippen molar-refractivity contribution in [2.24, 2.45) is 11.8 Å². The molecule has 138 valence electrons. The van der Waals surface area contributed by atoms with Gasteiger partial charge in [-0.2, -0.15) is 0 Å². The van der Waals surface area contributed by atoms with Crippen LogP contribution in [0.4, 0.5) is 4.79 Å². The van der Waals surface area contributed by atoms with Gasteiger partial charge < -0.3 is 15.3 Å². The van der Waals surface area contributed by atoms with Crippen molar-refractivity contribution in [1.29, 1.82) is 0 Å². The number of carboxylic acid groups (broad SMARTS) is 1. The number of hydrogen-bond donors (Lipinski definition) is 2. The number of nitrogens with zero attached hydrogens (tertiary/aromatic N) is 1. The molecule has 1 amide bonds. The lowest BCUT2D eigenvalue weighted by atomic mass is 9.64. The largest absolute Gasteiger partial charge is 0.465 e. The molecule has 25 heavy (non-hydrogen) atoms. The van der Waals surface area contributed by atoms with E-state index in [1.807, 2.05) is 12.1 Å². The van der Waals surface area contributed by atoms with E-state index in [9.17, 15) is 4.79 Å². The van der Waals surface area contributed by atoms with Gasteiger partial charge in [0.15, 0.2) is 0 Å². The molecule has 0 spiro atoms. The molecule has 0 bridgehead atoms. The third kappa shape index (κ3) is 5.11. The molecule has 4 nitrogen and oxygen atoms in total. The molecule has 1 aromatic rings. The van der Waals surface area contributed by atoms with Gasteiger partial charge in [0.2, 0.25) is 0 Å². The van der Waals surface area contributed by atoms with Gasteiger partial charge in [0.1, 0.15) is 0 Å². The lowest BCUT2D eigenvalue weighted by Gasteiger charge is -2.40. The molecule has 2 aliphatic carbocycles. The van der Waals surface area contributed by atoms with Crippen molar-refractivity contribution < 1.29 is 9.90 Å². The maximum Gasteiger partial charge on any atom is 0.404 e. The number of hydrogen-bond acceptors (Lipinski definition) is 2. The van der Waals surface area contributed by atoms with Crippen molar-refractivity contribution in [2.45, 2.75) is 44.4 Å². The number of likely N-dealkylation sites (tertiary alicyclic amines) is 1. The van der Waals surface area contributed by atoms with Gasteiger partial charge in [-0.3, -0.25) is 0 Å². The van der Waals surface area contributed by atoms with Gasteiger partial charge in [0.25, 0.3) is 0 Å². The number of amides is 1. The molecule has 3 fully saturated rings. The number of benzene rings is 1. The summed E-state index contributed by atoms with van der Waals surface area (Å²) in [6.45, 7) is 3.52. The van der Waals surface area contributed by atoms with E-state index in [1.165, 1.54) is 44.1 Å². The normalized spacial score (nSPS) is 27.8. The van der Waals surface area contributed by atoms with Crippen LogP contribution >= 0.6 is 11.6 Å². The van der Waals surface area contributed by atoms with Crippen molar-refractivity contribution >= 4 is 17.7 Å². The second kappa shape index (κ2) is 8.91. The standard InChI is InChI=1S/C15H19ClN2O2.C5H10/c16-12-3-1-10(2-4-12)13-7-11-8-18(9-14(11)13)6-5-17-15(19)20;1-2-4-5-3-1/h1-4,11,13-14,17H,5-9H2,(H,19,20);1-5H2. The molecular formula is C20H29ClN2O2. The van der Waals surface area contributed by atoms with Gasteiger partial charge in [-0.25, -0.2) is 4.79 Å². The Hall–Kier alpha value is -1.26. The summed E-state index contributed by atoms with van der Waals surface area (Å²) in [6.07, 6.45) is 7.81. The van der Waals surface area contributed by atoms with Crippen molar-refractivity contribution in [3.8, 4) is 0 Å². The predicted octanol–water partition coefficient (Wildman–Crippen LogP) is 4.59. The topological polar surface area (TPSA) is 52.6 Å². The fourth-order valence-electron chi connectivity index (χ4n) is 4.48. The highest BCUT2D eigenvalue weighted by molar-refractivity contribution is 6.30.